The van der Waals surface area contributed by atoms with E-state index in [4.69, 9.17) is 4.98 Å². The molecule has 3 aromatic carbocycles. The molecule has 4 aromatic rings. The van der Waals surface area contributed by atoms with Crippen molar-refractivity contribution >= 4 is 32.4 Å². The van der Waals surface area contributed by atoms with Crippen LogP contribution in [-0.2, 0) is 0 Å². The third-order valence-electron chi connectivity index (χ3n) is 3.78. The van der Waals surface area contributed by atoms with Crippen LogP contribution in [0.1, 0.15) is 5.69 Å². The number of aromatic nitrogens is 1. The summed E-state index contributed by atoms with van der Waals surface area (Å²) in [4.78, 5) is 4.71. The summed E-state index contributed by atoms with van der Waals surface area (Å²) in [7, 11) is 0. The van der Waals surface area contributed by atoms with Gasteiger partial charge in [-0.1, -0.05) is 54.6 Å². The second-order valence-corrected chi connectivity index (χ2v) is 4.92. The molecule has 0 atom stereocenters. The maximum Gasteiger partial charge on any atom is 0.0711 e. The van der Waals surface area contributed by atoms with E-state index >= 15 is 0 Å². The van der Waals surface area contributed by atoms with E-state index in [1.807, 2.05) is 6.07 Å². The number of benzene rings is 3. The Bertz CT molecular complexity index is 907. The Kier molecular flexibility index (Phi) is 2.10. The molecule has 0 radical (unpaired) electrons. The number of para-hydroxylation sites is 1. The number of pyridine rings is 1. The summed E-state index contributed by atoms with van der Waals surface area (Å²) in [6.07, 6.45) is 0. The average molecular weight is 243 g/mol. The smallest absolute Gasteiger partial charge is 0.0711 e. The first-order valence-electron chi connectivity index (χ1n) is 6.51. The van der Waals surface area contributed by atoms with Crippen molar-refractivity contribution in [1.82, 2.24) is 4.98 Å². The normalized spacial score (nSPS) is 11.4. The third kappa shape index (κ3) is 1.45. The van der Waals surface area contributed by atoms with Gasteiger partial charge in [0.1, 0.15) is 0 Å². The van der Waals surface area contributed by atoms with Crippen LogP contribution < -0.4 is 0 Å². The van der Waals surface area contributed by atoms with Crippen LogP contribution in [0.25, 0.3) is 32.4 Å². The van der Waals surface area contributed by atoms with Crippen molar-refractivity contribution in [2.24, 2.45) is 0 Å². The minimum absolute atomic E-state index is 1.07. The van der Waals surface area contributed by atoms with E-state index in [2.05, 4.69) is 61.5 Å². The highest BCUT2D eigenvalue weighted by atomic mass is 14.7. The summed E-state index contributed by atoms with van der Waals surface area (Å²) < 4.78 is 0. The minimum atomic E-state index is 1.07. The lowest BCUT2D eigenvalue weighted by molar-refractivity contribution is 1.29. The topological polar surface area (TPSA) is 12.9 Å². The minimum Gasteiger partial charge on any atom is -0.252 e. The van der Waals surface area contributed by atoms with Gasteiger partial charge in [0, 0.05) is 21.9 Å². The van der Waals surface area contributed by atoms with Gasteiger partial charge in [0.25, 0.3) is 0 Å². The lowest BCUT2D eigenvalue weighted by atomic mass is 9.98. The van der Waals surface area contributed by atoms with Crippen LogP contribution in [0.4, 0.5) is 0 Å². The summed E-state index contributed by atoms with van der Waals surface area (Å²) in [5.74, 6) is 0. The van der Waals surface area contributed by atoms with Gasteiger partial charge in [0.05, 0.1) is 5.52 Å². The molecule has 0 bridgehead atoms. The van der Waals surface area contributed by atoms with Crippen LogP contribution in [0.5, 0.6) is 0 Å². The van der Waals surface area contributed by atoms with Crippen LogP contribution in [0.3, 0.4) is 0 Å². The fourth-order valence-corrected chi connectivity index (χ4v) is 2.89. The zero-order chi connectivity index (χ0) is 12.8. The van der Waals surface area contributed by atoms with Gasteiger partial charge in [-0.15, -0.1) is 0 Å². The van der Waals surface area contributed by atoms with Gasteiger partial charge in [-0.3, -0.25) is 4.98 Å². The van der Waals surface area contributed by atoms with Crippen molar-refractivity contribution < 1.29 is 0 Å². The molecule has 0 saturated heterocycles. The molecule has 1 nitrogen and oxygen atoms in total. The molecule has 0 amide bonds. The van der Waals surface area contributed by atoms with Crippen molar-refractivity contribution in [3.05, 3.63) is 66.4 Å². The Balaban J connectivity index is 2.40. The molecule has 0 aliphatic heterocycles. The van der Waals surface area contributed by atoms with Crippen molar-refractivity contribution in [1.29, 1.82) is 0 Å². The summed E-state index contributed by atoms with van der Waals surface area (Å²) in [6.45, 7) is 2.09. The third-order valence-corrected chi connectivity index (χ3v) is 3.78. The van der Waals surface area contributed by atoms with Crippen molar-refractivity contribution in [2.75, 3.05) is 0 Å². The number of rotatable bonds is 0. The average Bonchev–Trinajstić information content (AvgIpc) is 2.47. The number of hydrogen-bond acceptors (Lipinski definition) is 1. The molecule has 1 heterocycles. The van der Waals surface area contributed by atoms with E-state index < -0.39 is 0 Å². The molecule has 0 fully saturated rings. The molecule has 0 unspecified atom stereocenters. The SMILES string of the molecule is Cc1nc2ccccc2c2c1ccc1ccccc12. The summed E-state index contributed by atoms with van der Waals surface area (Å²) in [5.41, 5.74) is 2.17. The molecular formula is C18H13N. The highest BCUT2D eigenvalue weighted by Gasteiger charge is 2.08. The van der Waals surface area contributed by atoms with E-state index in [1.165, 1.54) is 26.9 Å². The highest BCUT2D eigenvalue weighted by Crippen LogP contribution is 2.32. The Labute approximate surface area is 111 Å². The fraction of sp³-hybridized carbons (Fsp3) is 0.0556. The number of aryl methyl sites for hydroxylation is 1. The monoisotopic (exact) mass is 243 g/mol. The largest absolute Gasteiger partial charge is 0.252 e. The maximum atomic E-state index is 4.71. The molecule has 0 N–H and O–H groups in total. The molecule has 0 aliphatic carbocycles. The van der Waals surface area contributed by atoms with Crippen molar-refractivity contribution in [2.45, 2.75) is 6.92 Å². The van der Waals surface area contributed by atoms with Crippen LogP contribution in [0.15, 0.2) is 60.7 Å². The fourth-order valence-electron chi connectivity index (χ4n) is 2.89. The highest BCUT2D eigenvalue weighted by molar-refractivity contribution is 6.19. The molecule has 19 heavy (non-hydrogen) atoms. The van der Waals surface area contributed by atoms with E-state index in [1.54, 1.807) is 0 Å². The molecular weight excluding hydrogens is 230 g/mol. The van der Waals surface area contributed by atoms with E-state index in [0.29, 0.717) is 0 Å². The van der Waals surface area contributed by atoms with Gasteiger partial charge >= 0.3 is 0 Å². The standard InChI is InChI=1S/C18H13N/c1-12-14-11-10-13-6-2-3-7-15(13)18(14)16-8-4-5-9-17(16)19-12/h2-11H,1H3. The van der Waals surface area contributed by atoms with Gasteiger partial charge in [-0.05, 0) is 23.8 Å². The van der Waals surface area contributed by atoms with Gasteiger partial charge in [0.15, 0.2) is 0 Å². The van der Waals surface area contributed by atoms with Crippen LogP contribution in [0.2, 0.25) is 0 Å². The Morgan fingerprint density at radius 1 is 0.684 bits per heavy atom. The predicted octanol–water partition coefficient (Wildman–Crippen LogP) is 4.85. The summed E-state index contributed by atoms with van der Waals surface area (Å²) >= 11 is 0. The van der Waals surface area contributed by atoms with Gasteiger partial charge in [-0.2, -0.15) is 0 Å². The van der Waals surface area contributed by atoms with Gasteiger partial charge in [-0.25, -0.2) is 0 Å². The van der Waals surface area contributed by atoms with Crippen molar-refractivity contribution in [3.63, 3.8) is 0 Å². The lowest BCUT2D eigenvalue weighted by Gasteiger charge is -2.09. The second-order valence-electron chi connectivity index (χ2n) is 4.92. The first-order chi connectivity index (χ1) is 9.34. The molecule has 1 aromatic heterocycles. The molecule has 0 saturated carbocycles. The van der Waals surface area contributed by atoms with Crippen molar-refractivity contribution in [3.8, 4) is 0 Å². The number of hydrogen-bond donors (Lipinski definition) is 0. The Morgan fingerprint density at radius 3 is 2.32 bits per heavy atom. The maximum absolute atomic E-state index is 4.71. The zero-order valence-corrected chi connectivity index (χ0v) is 10.7. The van der Waals surface area contributed by atoms with Crippen LogP contribution in [0, 0.1) is 6.92 Å². The van der Waals surface area contributed by atoms with E-state index in [0.717, 1.165) is 11.2 Å². The first kappa shape index (κ1) is 10.5. The van der Waals surface area contributed by atoms with Gasteiger partial charge in [0.2, 0.25) is 0 Å². The number of fused-ring (bicyclic) bond motifs is 5. The van der Waals surface area contributed by atoms with E-state index in [9.17, 15) is 0 Å². The second kappa shape index (κ2) is 3.79. The van der Waals surface area contributed by atoms with Gasteiger partial charge < -0.3 is 0 Å². The van der Waals surface area contributed by atoms with Crippen LogP contribution in [-0.4, -0.2) is 4.98 Å². The molecule has 1 heteroatoms. The molecule has 0 spiro atoms. The summed E-state index contributed by atoms with van der Waals surface area (Å²) in [5, 5.41) is 6.39. The predicted molar refractivity (Wildman–Crippen MR) is 81.5 cm³/mol. The Morgan fingerprint density at radius 2 is 1.42 bits per heavy atom. The molecule has 90 valence electrons. The zero-order valence-electron chi connectivity index (χ0n) is 10.7. The first-order valence-corrected chi connectivity index (χ1v) is 6.51. The summed E-state index contributed by atoms with van der Waals surface area (Å²) in [6, 6.07) is 21.3. The van der Waals surface area contributed by atoms with Crippen LogP contribution >= 0.6 is 0 Å². The number of nitrogens with zero attached hydrogens (tertiary/aromatic N) is 1. The lowest BCUT2D eigenvalue weighted by Crippen LogP contribution is -1.88. The molecule has 4 rings (SSSR count). The van der Waals surface area contributed by atoms with E-state index in [-0.39, 0.29) is 0 Å². The quantitative estimate of drug-likeness (QED) is 0.402. The molecule has 0 aliphatic rings. The Hall–Kier alpha value is -2.41.